The van der Waals surface area contributed by atoms with Gasteiger partial charge in [0.2, 0.25) is 5.13 Å². The Bertz CT molecular complexity index is 1750. The number of thioether (sulfide) groups is 1. The zero-order chi connectivity index (χ0) is 26.9. The number of carbonyl (C=O) groups excluding carboxylic acids is 2. The Balaban J connectivity index is 1.37. The summed E-state index contributed by atoms with van der Waals surface area (Å²) in [7, 11) is 0. The fourth-order valence-corrected chi connectivity index (χ4v) is 6.67. The van der Waals surface area contributed by atoms with Crippen molar-refractivity contribution in [1.29, 1.82) is 0 Å². The molecule has 1 aliphatic heterocycles. The normalized spacial score (nSPS) is 16.7. The number of ketones is 1. The van der Waals surface area contributed by atoms with Crippen molar-refractivity contribution in [1.82, 2.24) is 15.2 Å². The molecule has 0 radical (unpaired) electrons. The van der Waals surface area contributed by atoms with Crippen LogP contribution in [0.1, 0.15) is 22.7 Å². The molecule has 192 valence electrons. The number of pyridine rings is 1. The fraction of sp³-hybridized carbons (Fsp3) is 0.0690. The van der Waals surface area contributed by atoms with Crippen molar-refractivity contribution >= 4 is 68.1 Å². The van der Waals surface area contributed by atoms with E-state index in [0.717, 1.165) is 10.9 Å². The van der Waals surface area contributed by atoms with Gasteiger partial charge in [-0.2, -0.15) is 0 Å². The summed E-state index contributed by atoms with van der Waals surface area (Å²) in [6.07, 6.45) is 3.01. The Morgan fingerprint density at radius 2 is 1.74 bits per heavy atom. The third kappa shape index (κ3) is 4.80. The predicted molar refractivity (Wildman–Crippen MR) is 154 cm³/mol. The molecule has 7 nitrogen and oxygen atoms in total. The number of fused-ring (bicyclic) bond motifs is 1. The zero-order valence-corrected chi connectivity index (χ0v) is 22.6. The van der Waals surface area contributed by atoms with Crippen LogP contribution in [0.5, 0.6) is 0 Å². The summed E-state index contributed by atoms with van der Waals surface area (Å²) < 4.78 is 0.652. The van der Waals surface area contributed by atoms with Gasteiger partial charge in [0, 0.05) is 28.7 Å². The Labute approximate surface area is 236 Å². The van der Waals surface area contributed by atoms with Crippen LogP contribution < -0.4 is 4.90 Å². The molecule has 1 N–H and O–H groups in total. The van der Waals surface area contributed by atoms with Gasteiger partial charge in [-0.25, -0.2) is 0 Å². The molecular formula is C29H19ClN4O3S2. The number of benzene rings is 3. The van der Waals surface area contributed by atoms with Crippen molar-refractivity contribution in [2.24, 2.45) is 0 Å². The second-order valence-corrected chi connectivity index (χ2v) is 11.4. The van der Waals surface area contributed by atoms with Crippen LogP contribution >= 0.6 is 34.7 Å². The number of carbonyl (C=O) groups is 2. The first-order chi connectivity index (χ1) is 19.0. The van der Waals surface area contributed by atoms with Crippen LogP contribution in [0.15, 0.2) is 101 Å². The molecule has 0 aliphatic carbocycles. The average molecular weight is 571 g/mol. The molecule has 0 saturated carbocycles. The van der Waals surface area contributed by atoms with Gasteiger partial charge in [0.05, 0.1) is 11.6 Å². The zero-order valence-electron chi connectivity index (χ0n) is 20.2. The van der Waals surface area contributed by atoms with E-state index in [1.165, 1.54) is 45.8 Å². The first kappa shape index (κ1) is 25.2. The van der Waals surface area contributed by atoms with E-state index >= 15 is 0 Å². The van der Waals surface area contributed by atoms with Crippen molar-refractivity contribution in [2.45, 2.75) is 16.1 Å². The lowest BCUT2D eigenvalue weighted by molar-refractivity contribution is -0.132. The topological polar surface area (TPSA) is 96.3 Å². The number of hydrogen-bond donors (Lipinski definition) is 1. The molecule has 2 aromatic heterocycles. The highest BCUT2D eigenvalue weighted by Gasteiger charge is 2.48. The van der Waals surface area contributed by atoms with Gasteiger partial charge in [-0.3, -0.25) is 19.5 Å². The van der Waals surface area contributed by atoms with E-state index in [4.69, 9.17) is 11.6 Å². The van der Waals surface area contributed by atoms with Gasteiger partial charge in [-0.05, 0) is 46.2 Å². The predicted octanol–water partition coefficient (Wildman–Crippen LogP) is 6.66. The van der Waals surface area contributed by atoms with Gasteiger partial charge in [0.25, 0.3) is 5.78 Å². The second-order valence-electron chi connectivity index (χ2n) is 8.74. The third-order valence-corrected chi connectivity index (χ3v) is 8.74. The van der Waals surface area contributed by atoms with Gasteiger partial charge in [-0.15, -0.1) is 10.2 Å². The molecule has 3 aromatic carbocycles. The highest BCUT2D eigenvalue weighted by molar-refractivity contribution is 8.00. The molecule has 1 amide bonds. The van der Waals surface area contributed by atoms with Gasteiger partial charge in [0.1, 0.15) is 5.76 Å². The van der Waals surface area contributed by atoms with E-state index < -0.39 is 17.7 Å². The first-order valence-electron chi connectivity index (χ1n) is 11.9. The molecule has 5 aromatic rings. The average Bonchev–Trinajstić information content (AvgIpc) is 3.54. The van der Waals surface area contributed by atoms with Gasteiger partial charge in [0.15, 0.2) is 4.34 Å². The number of Topliss-reactive ketones (excluding diaryl/α,β-unsaturated/α-hetero) is 1. The molecule has 10 heteroatoms. The van der Waals surface area contributed by atoms with Gasteiger partial charge >= 0.3 is 5.91 Å². The van der Waals surface area contributed by atoms with Crippen LogP contribution in [0, 0.1) is 0 Å². The molecule has 0 bridgehead atoms. The van der Waals surface area contributed by atoms with Crippen molar-refractivity contribution in [2.75, 3.05) is 4.90 Å². The number of aliphatic hydroxyl groups excluding tert-OH is 1. The summed E-state index contributed by atoms with van der Waals surface area (Å²) in [5.41, 5.74) is 2.05. The standard InChI is InChI=1S/C29H19ClN4O3S2/c30-21-9-4-7-19(15-21)24-23(25(35)18-11-13-31-14-12-18)26(36)27(37)34(24)28-32-33-29(39-28)38-16-20-8-3-6-17-5-1-2-10-22(17)20/h1-15,24,35H,16H2. The Morgan fingerprint density at radius 3 is 2.56 bits per heavy atom. The maximum atomic E-state index is 13.4. The van der Waals surface area contributed by atoms with E-state index in [1.807, 2.05) is 18.2 Å². The van der Waals surface area contributed by atoms with E-state index in [9.17, 15) is 14.7 Å². The summed E-state index contributed by atoms with van der Waals surface area (Å²) in [4.78, 5) is 31.9. The SMILES string of the molecule is O=C1C(=O)N(c2nnc(SCc3cccc4ccccc34)s2)C(c2cccc(Cl)c2)C1=C(O)c1ccncc1. The van der Waals surface area contributed by atoms with Crippen molar-refractivity contribution in [3.63, 3.8) is 0 Å². The van der Waals surface area contributed by atoms with E-state index in [1.54, 1.807) is 36.4 Å². The molecule has 39 heavy (non-hydrogen) atoms. The highest BCUT2D eigenvalue weighted by atomic mass is 35.5. The number of aliphatic hydroxyl groups is 1. The van der Waals surface area contributed by atoms with Crippen molar-refractivity contribution in [3.05, 3.63) is 119 Å². The quantitative estimate of drug-likeness (QED) is 0.0801. The molecule has 1 unspecified atom stereocenters. The third-order valence-electron chi connectivity index (χ3n) is 6.40. The number of nitrogens with zero attached hydrogens (tertiary/aromatic N) is 4. The van der Waals surface area contributed by atoms with Crippen molar-refractivity contribution < 1.29 is 14.7 Å². The number of aromatic nitrogens is 3. The van der Waals surface area contributed by atoms with Crippen LogP contribution in [0.4, 0.5) is 5.13 Å². The smallest absolute Gasteiger partial charge is 0.301 e. The lowest BCUT2D eigenvalue weighted by atomic mass is 9.96. The van der Waals surface area contributed by atoms with E-state index in [-0.39, 0.29) is 16.5 Å². The summed E-state index contributed by atoms with van der Waals surface area (Å²) in [5.74, 6) is -1.24. The largest absolute Gasteiger partial charge is 0.507 e. The minimum Gasteiger partial charge on any atom is -0.507 e. The maximum absolute atomic E-state index is 13.4. The van der Waals surface area contributed by atoms with Crippen LogP contribution in [-0.4, -0.2) is 32.0 Å². The second kappa shape index (κ2) is 10.6. The minimum absolute atomic E-state index is 0.0476. The summed E-state index contributed by atoms with van der Waals surface area (Å²) >= 11 is 9.00. The molecule has 6 rings (SSSR count). The lowest BCUT2D eigenvalue weighted by Crippen LogP contribution is -2.29. The number of anilines is 1. The number of amides is 1. The van der Waals surface area contributed by atoms with E-state index in [2.05, 4.69) is 39.4 Å². The van der Waals surface area contributed by atoms with E-state index in [0.29, 0.717) is 26.2 Å². The lowest BCUT2D eigenvalue weighted by Gasteiger charge is -2.22. The van der Waals surface area contributed by atoms with Crippen molar-refractivity contribution in [3.8, 4) is 0 Å². The van der Waals surface area contributed by atoms with Crippen LogP contribution in [0.2, 0.25) is 5.02 Å². The summed E-state index contributed by atoms with van der Waals surface area (Å²) in [6, 6.07) is 23.4. The maximum Gasteiger partial charge on any atom is 0.301 e. The van der Waals surface area contributed by atoms with Gasteiger partial charge < -0.3 is 5.11 Å². The van der Waals surface area contributed by atoms with Crippen LogP contribution in [-0.2, 0) is 15.3 Å². The molecule has 0 spiro atoms. The fourth-order valence-electron chi connectivity index (χ4n) is 4.60. The molecule has 3 heterocycles. The Kier molecular flexibility index (Phi) is 6.86. The number of halogens is 1. The Morgan fingerprint density at radius 1 is 0.974 bits per heavy atom. The minimum atomic E-state index is -0.930. The molecule has 1 fully saturated rings. The van der Waals surface area contributed by atoms with Crippen LogP contribution in [0.3, 0.4) is 0 Å². The number of hydrogen-bond acceptors (Lipinski definition) is 8. The monoisotopic (exact) mass is 570 g/mol. The molecule has 1 aliphatic rings. The van der Waals surface area contributed by atoms with Gasteiger partial charge in [-0.1, -0.05) is 89.3 Å². The first-order valence-corrected chi connectivity index (χ1v) is 14.1. The summed E-state index contributed by atoms with van der Waals surface area (Å²) in [5, 5.41) is 22.8. The molecule has 1 atom stereocenters. The Hall–Kier alpha value is -4.05. The highest BCUT2D eigenvalue weighted by Crippen LogP contribution is 2.44. The summed E-state index contributed by atoms with van der Waals surface area (Å²) in [6.45, 7) is 0. The molecular weight excluding hydrogens is 552 g/mol. The molecule has 1 saturated heterocycles. The number of rotatable bonds is 6. The van der Waals surface area contributed by atoms with Crippen LogP contribution in [0.25, 0.3) is 16.5 Å².